The molecule has 1 aromatic rings. The summed E-state index contributed by atoms with van der Waals surface area (Å²) in [5.74, 6) is 0.338. The lowest BCUT2D eigenvalue weighted by Gasteiger charge is -2.47. The second-order valence-corrected chi connectivity index (χ2v) is 7.74. The molecule has 0 radical (unpaired) electrons. The lowest BCUT2D eigenvalue weighted by Crippen LogP contribution is -2.69. The highest BCUT2D eigenvalue weighted by atomic mass is 32.2. The molecule has 0 spiro atoms. The summed E-state index contributed by atoms with van der Waals surface area (Å²) in [7, 11) is -3.91. The van der Waals surface area contributed by atoms with Crippen molar-refractivity contribution in [3.05, 3.63) is 29.8 Å². The Kier molecular flexibility index (Phi) is 3.13. The maximum Gasteiger partial charge on any atom is 0.416 e. The molecule has 2 N–H and O–H groups in total. The van der Waals surface area contributed by atoms with E-state index in [9.17, 15) is 21.6 Å². The van der Waals surface area contributed by atoms with Crippen LogP contribution in [0.5, 0.6) is 0 Å². The summed E-state index contributed by atoms with van der Waals surface area (Å²) in [6.07, 6.45) is -2.58. The minimum atomic E-state index is -4.56. The number of nitrogens with two attached hydrogens (primary N) is 1. The van der Waals surface area contributed by atoms with E-state index in [1.165, 1.54) is 6.07 Å². The van der Waals surface area contributed by atoms with Gasteiger partial charge in [0.1, 0.15) is 0 Å². The fourth-order valence-corrected chi connectivity index (χ4v) is 4.32. The fraction of sp³-hybridized carbons (Fsp3) is 0.538. The smallest absolute Gasteiger partial charge is 0.323 e. The monoisotopic (exact) mass is 320 g/mol. The maximum absolute atomic E-state index is 12.7. The van der Waals surface area contributed by atoms with Crippen molar-refractivity contribution in [3.8, 4) is 0 Å². The second kappa shape index (κ2) is 4.44. The maximum atomic E-state index is 12.7. The molecular formula is C13H15F3N2O2S. The zero-order valence-electron chi connectivity index (χ0n) is 11.1. The van der Waals surface area contributed by atoms with E-state index in [0.717, 1.165) is 29.3 Å². The standard InChI is InChI=1S/C13H15F3N2O2S/c14-13(15,16)10-2-1-3-11(6-10)21(19,20)18-7-12(17,8-18)9-4-5-9/h1-3,6,9H,4-5,7-8,17H2. The van der Waals surface area contributed by atoms with Crippen LogP contribution in [0.1, 0.15) is 18.4 Å². The van der Waals surface area contributed by atoms with Crippen molar-refractivity contribution < 1.29 is 21.6 Å². The molecule has 2 aliphatic rings. The molecule has 2 fully saturated rings. The Hall–Kier alpha value is -1.12. The molecule has 8 heteroatoms. The van der Waals surface area contributed by atoms with Gasteiger partial charge >= 0.3 is 6.18 Å². The largest absolute Gasteiger partial charge is 0.416 e. The van der Waals surface area contributed by atoms with Crippen LogP contribution in [0.25, 0.3) is 0 Å². The molecule has 1 aromatic carbocycles. The van der Waals surface area contributed by atoms with Gasteiger partial charge in [-0.25, -0.2) is 8.42 Å². The summed E-state index contributed by atoms with van der Waals surface area (Å²) >= 11 is 0. The van der Waals surface area contributed by atoms with Crippen molar-refractivity contribution in [1.82, 2.24) is 4.31 Å². The van der Waals surface area contributed by atoms with Crippen molar-refractivity contribution in [2.24, 2.45) is 11.7 Å². The predicted octanol–water partition coefficient (Wildman–Crippen LogP) is 1.82. The molecule has 1 saturated carbocycles. The van der Waals surface area contributed by atoms with Crippen LogP contribution in [0.4, 0.5) is 13.2 Å². The third kappa shape index (κ3) is 2.56. The van der Waals surface area contributed by atoms with Crippen molar-refractivity contribution in [2.75, 3.05) is 13.1 Å². The van der Waals surface area contributed by atoms with Gasteiger partial charge in [0.2, 0.25) is 10.0 Å². The van der Waals surface area contributed by atoms with E-state index >= 15 is 0 Å². The molecule has 1 aliphatic carbocycles. The number of benzene rings is 1. The van der Waals surface area contributed by atoms with Gasteiger partial charge in [0.05, 0.1) is 10.5 Å². The van der Waals surface area contributed by atoms with Gasteiger partial charge in [0, 0.05) is 18.6 Å². The molecule has 0 bridgehead atoms. The zero-order valence-corrected chi connectivity index (χ0v) is 11.9. The summed E-state index contributed by atoms with van der Waals surface area (Å²) in [6.45, 7) is 0.354. The minimum absolute atomic E-state index is 0.177. The van der Waals surface area contributed by atoms with Crippen molar-refractivity contribution in [3.63, 3.8) is 0 Å². The molecule has 4 nitrogen and oxygen atoms in total. The Balaban J connectivity index is 1.83. The number of sulfonamides is 1. The van der Waals surface area contributed by atoms with Gasteiger partial charge in [-0.2, -0.15) is 17.5 Å². The first-order chi connectivity index (χ1) is 9.63. The topological polar surface area (TPSA) is 63.4 Å². The summed E-state index contributed by atoms with van der Waals surface area (Å²) < 4.78 is 63.8. The first-order valence-electron chi connectivity index (χ1n) is 6.59. The highest BCUT2D eigenvalue weighted by molar-refractivity contribution is 7.89. The van der Waals surface area contributed by atoms with Crippen LogP contribution in [0.15, 0.2) is 29.2 Å². The fourth-order valence-electron chi connectivity index (χ4n) is 2.68. The summed E-state index contributed by atoms with van der Waals surface area (Å²) in [4.78, 5) is -0.338. The molecule has 116 valence electrons. The molecule has 21 heavy (non-hydrogen) atoms. The zero-order chi connectivity index (χ0) is 15.5. The Bertz CT molecular complexity index is 662. The first kappa shape index (κ1) is 14.8. The highest BCUT2D eigenvalue weighted by Crippen LogP contribution is 2.44. The second-order valence-electron chi connectivity index (χ2n) is 5.81. The van der Waals surface area contributed by atoms with Crippen LogP contribution in [-0.2, 0) is 16.2 Å². The van der Waals surface area contributed by atoms with E-state index in [-0.39, 0.29) is 18.0 Å². The molecule has 0 unspecified atom stereocenters. The van der Waals surface area contributed by atoms with Crippen LogP contribution >= 0.6 is 0 Å². The molecule has 0 aromatic heterocycles. The number of alkyl halides is 3. The molecular weight excluding hydrogens is 305 g/mol. The van der Waals surface area contributed by atoms with Crippen LogP contribution < -0.4 is 5.73 Å². The number of rotatable bonds is 3. The van der Waals surface area contributed by atoms with Crippen LogP contribution in [-0.4, -0.2) is 31.4 Å². The average molecular weight is 320 g/mol. The lowest BCUT2D eigenvalue weighted by atomic mass is 9.88. The number of hydrogen-bond acceptors (Lipinski definition) is 3. The van der Waals surface area contributed by atoms with E-state index in [1.807, 2.05) is 0 Å². The third-order valence-electron chi connectivity index (χ3n) is 4.13. The molecule has 0 atom stereocenters. The number of nitrogens with zero attached hydrogens (tertiary/aromatic N) is 1. The number of halogens is 3. The Morgan fingerprint density at radius 2 is 1.86 bits per heavy atom. The van der Waals surface area contributed by atoms with Crippen molar-refractivity contribution in [2.45, 2.75) is 29.5 Å². The van der Waals surface area contributed by atoms with E-state index in [1.54, 1.807) is 0 Å². The van der Waals surface area contributed by atoms with Crippen LogP contribution in [0, 0.1) is 5.92 Å². The predicted molar refractivity (Wildman–Crippen MR) is 69.8 cm³/mol. The first-order valence-corrected chi connectivity index (χ1v) is 8.03. The van der Waals surface area contributed by atoms with Gasteiger partial charge in [0.25, 0.3) is 0 Å². The van der Waals surface area contributed by atoms with Crippen molar-refractivity contribution in [1.29, 1.82) is 0 Å². The summed E-state index contributed by atoms with van der Waals surface area (Å²) in [5, 5.41) is 0. The molecule has 1 saturated heterocycles. The van der Waals surface area contributed by atoms with Gasteiger partial charge < -0.3 is 5.73 Å². The van der Waals surface area contributed by atoms with E-state index in [4.69, 9.17) is 5.73 Å². The third-order valence-corrected chi connectivity index (χ3v) is 5.92. The summed E-state index contributed by atoms with van der Waals surface area (Å²) in [6, 6.07) is 3.81. The molecule has 1 aliphatic heterocycles. The molecule has 0 amide bonds. The Labute approximate surface area is 120 Å². The van der Waals surface area contributed by atoms with Crippen LogP contribution in [0.3, 0.4) is 0 Å². The van der Waals surface area contributed by atoms with Crippen LogP contribution in [0.2, 0.25) is 0 Å². The van der Waals surface area contributed by atoms with Gasteiger partial charge in [-0.1, -0.05) is 6.07 Å². The quantitative estimate of drug-likeness (QED) is 0.924. The highest BCUT2D eigenvalue weighted by Gasteiger charge is 2.53. The SMILES string of the molecule is NC1(C2CC2)CN(S(=O)(=O)c2cccc(C(F)(F)F)c2)C1. The molecule has 1 heterocycles. The summed E-state index contributed by atoms with van der Waals surface area (Å²) in [5.41, 5.74) is 4.61. The minimum Gasteiger partial charge on any atom is -0.323 e. The van der Waals surface area contributed by atoms with Gasteiger partial charge in [-0.3, -0.25) is 0 Å². The average Bonchev–Trinajstić information content (AvgIpc) is 3.18. The van der Waals surface area contributed by atoms with E-state index < -0.39 is 27.3 Å². The Morgan fingerprint density at radius 3 is 2.38 bits per heavy atom. The van der Waals surface area contributed by atoms with Gasteiger partial charge in [-0.05, 0) is 37.0 Å². The lowest BCUT2D eigenvalue weighted by molar-refractivity contribution is -0.137. The Morgan fingerprint density at radius 1 is 1.24 bits per heavy atom. The van der Waals surface area contributed by atoms with Gasteiger partial charge in [0.15, 0.2) is 0 Å². The van der Waals surface area contributed by atoms with Crippen molar-refractivity contribution >= 4 is 10.0 Å². The molecule has 3 rings (SSSR count). The van der Waals surface area contributed by atoms with Gasteiger partial charge in [-0.15, -0.1) is 0 Å². The van der Waals surface area contributed by atoms with E-state index in [2.05, 4.69) is 0 Å². The van der Waals surface area contributed by atoms with E-state index in [0.29, 0.717) is 12.0 Å². The normalized spacial score (nSPS) is 22.9. The number of hydrogen-bond donors (Lipinski definition) is 1.